The summed E-state index contributed by atoms with van der Waals surface area (Å²) in [6, 6.07) is 13.0. The molecule has 26 heavy (non-hydrogen) atoms. The molecule has 1 fully saturated rings. The molecule has 3 unspecified atom stereocenters. The lowest BCUT2D eigenvalue weighted by molar-refractivity contribution is -0.0397. The molecule has 0 spiro atoms. The number of hydrogen-bond acceptors (Lipinski definition) is 2. The zero-order valence-electron chi connectivity index (χ0n) is 15.0. The van der Waals surface area contributed by atoms with E-state index in [4.69, 9.17) is 27.9 Å². The van der Waals surface area contributed by atoms with Crippen molar-refractivity contribution < 1.29 is 9.53 Å². The highest BCUT2D eigenvalue weighted by Gasteiger charge is 2.25. The summed E-state index contributed by atoms with van der Waals surface area (Å²) in [6.45, 7) is 5.21. The quantitative estimate of drug-likeness (QED) is 0.709. The third kappa shape index (κ3) is 4.59. The van der Waals surface area contributed by atoms with Crippen LogP contribution in [0.3, 0.4) is 0 Å². The van der Waals surface area contributed by atoms with Gasteiger partial charge in [-0.25, -0.2) is 0 Å². The van der Waals surface area contributed by atoms with Crippen molar-refractivity contribution in [3.05, 3.63) is 63.6 Å². The molecule has 3 rings (SSSR count). The van der Waals surface area contributed by atoms with Crippen LogP contribution in [-0.2, 0) is 11.2 Å². The minimum absolute atomic E-state index is 0.268. The molecule has 0 aromatic heterocycles. The summed E-state index contributed by atoms with van der Waals surface area (Å²) in [6.07, 6.45) is 2.53. The molecule has 1 N–H and O–H groups in total. The first-order chi connectivity index (χ1) is 12.4. The van der Waals surface area contributed by atoms with Gasteiger partial charge >= 0.3 is 0 Å². The molecule has 5 heteroatoms. The number of anilines is 1. The van der Waals surface area contributed by atoms with Crippen LogP contribution in [-0.4, -0.2) is 18.6 Å². The molecule has 0 bridgehead atoms. The van der Waals surface area contributed by atoms with Gasteiger partial charge in [-0.15, -0.1) is 0 Å². The first-order valence-electron chi connectivity index (χ1n) is 8.90. The van der Waals surface area contributed by atoms with Crippen molar-refractivity contribution in [3.63, 3.8) is 0 Å². The molecule has 0 saturated carbocycles. The SMILES string of the molecule is CC1CC(Cc2ccc(NC(=O)c3cccc(Cl)c3Cl)cc2)COC1C. The monoisotopic (exact) mass is 391 g/mol. The van der Waals surface area contributed by atoms with Gasteiger partial charge < -0.3 is 10.1 Å². The Balaban J connectivity index is 1.61. The molecule has 3 nitrogen and oxygen atoms in total. The predicted molar refractivity (Wildman–Crippen MR) is 107 cm³/mol. The summed E-state index contributed by atoms with van der Waals surface area (Å²) in [7, 11) is 0. The molecule has 1 heterocycles. The molecule has 2 aromatic carbocycles. The molecule has 1 aliphatic rings. The highest BCUT2D eigenvalue weighted by Crippen LogP contribution is 2.28. The Morgan fingerprint density at radius 1 is 1.15 bits per heavy atom. The van der Waals surface area contributed by atoms with Crippen molar-refractivity contribution in [1.29, 1.82) is 0 Å². The minimum Gasteiger partial charge on any atom is -0.378 e. The van der Waals surface area contributed by atoms with E-state index in [0.29, 0.717) is 28.5 Å². The van der Waals surface area contributed by atoms with Crippen LogP contribution in [0.25, 0.3) is 0 Å². The van der Waals surface area contributed by atoms with Crippen LogP contribution in [0.4, 0.5) is 5.69 Å². The van der Waals surface area contributed by atoms with Crippen LogP contribution in [0.2, 0.25) is 10.0 Å². The topological polar surface area (TPSA) is 38.3 Å². The summed E-state index contributed by atoms with van der Waals surface area (Å²) in [5.74, 6) is 0.871. The van der Waals surface area contributed by atoms with E-state index in [9.17, 15) is 4.79 Å². The number of hydrogen-bond donors (Lipinski definition) is 1. The number of carbonyl (C=O) groups is 1. The Morgan fingerprint density at radius 3 is 2.58 bits per heavy atom. The van der Waals surface area contributed by atoms with Crippen molar-refractivity contribution in [2.45, 2.75) is 32.8 Å². The van der Waals surface area contributed by atoms with E-state index >= 15 is 0 Å². The van der Waals surface area contributed by atoms with Crippen molar-refractivity contribution in [1.82, 2.24) is 0 Å². The van der Waals surface area contributed by atoms with E-state index in [0.717, 1.165) is 18.7 Å². The molecule has 2 aromatic rings. The van der Waals surface area contributed by atoms with E-state index in [2.05, 4.69) is 31.3 Å². The Hall–Kier alpha value is -1.55. The Kier molecular flexibility index (Phi) is 6.23. The Morgan fingerprint density at radius 2 is 1.88 bits per heavy atom. The van der Waals surface area contributed by atoms with Gasteiger partial charge in [-0.2, -0.15) is 0 Å². The number of rotatable bonds is 4. The van der Waals surface area contributed by atoms with E-state index in [-0.39, 0.29) is 10.9 Å². The van der Waals surface area contributed by atoms with Crippen LogP contribution in [0, 0.1) is 11.8 Å². The summed E-state index contributed by atoms with van der Waals surface area (Å²) < 4.78 is 5.84. The van der Waals surface area contributed by atoms with Gasteiger partial charge in [-0.1, -0.05) is 48.3 Å². The number of halogens is 2. The van der Waals surface area contributed by atoms with Crippen LogP contribution in [0.1, 0.15) is 36.2 Å². The number of amides is 1. The van der Waals surface area contributed by atoms with E-state index in [1.54, 1.807) is 18.2 Å². The molecule has 0 radical (unpaired) electrons. The summed E-state index contributed by atoms with van der Waals surface area (Å²) in [4.78, 5) is 12.4. The molecule has 1 amide bonds. The average Bonchev–Trinajstić information content (AvgIpc) is 2.62. The Bertz CT molecular complexity index is 776. The second-order valence-electron chi connectivity index (χ2n) is 7.07. The highest BCUT2D eigenvalue weighted by atomic mass is 35.5. The lowest BCUT2D eigenvalue weighted by Crippen LogP contribution is -2.31. The van der Waals surface area contributed by atoms with Crippen LogP contribution < -0.4 is 5.32 Å². The van der Waals surface area contributed by atoms with Gasteiger partial charge in [0.1, 0.15) is 0 Å². The summed E-state index contributed by atoms with van der Waals surface area (Å²) in [5.41, 5.74) is 2.35. The summed E-state index contributed by atoms with van der Waals surface area (Å²) in [5, 5.41) is 3.50. The van der Waals surface area contributed by atoms with Crippen LogP contribution >= 0.6 is 23.2 Å². The standard InChI is InChI=1S/C21H23Cl2NO2/c1-13-10-16(12-26-14(13)2)11-15-6-8-17(9-7-15)24-21(25)18-4-3-5-19(22)20(18)23/h3-9,13-14,16H,10-12H2,1-2H3,(H,24,25). The fourth-order valence-corrected chi connectivity index (χ4v) is 3.70. The third-order valence-electron chi connectivity index (χ3n) is 5.03. The maximum atomic E-state index is 12.4. The number of ether oxygens (including phenoxy) is 1. The van der Waals surface area contributed by atoms with Gasteiger partial charge in [-0.05, 0) is 61.4 Å². The third-order valence-corrected chi connectivity index (χ3v) is 5.85. The first-order valence-corrected chi connectivity index (χ1v) is 9.65. The second-order valence-corrected chi connectivity index (χ2v) is 7.86. The highest BCUT2D eigenvalue weighted by molar-refractivity contribution is 6.44. The van der Waals surface area contributed by atoms with E-state index < -0.39 is 0 Å². The molecule has 3 atom stereocenters. The second kappa shape index (κ2) is 8.43. The van der Waals surface area contributed by atoms with Crippen molar-refractivity contribution in [3.8, 4) is 0 Å². The fraction of sp³-hybridized carbons (Fsp3) is 0.381. The van der Waals surface area contributed by atoms with E-state index in [1.807, 2.05) is 12.1 Å². The van der Waals surface area contributed by atoms with E-state index in [1.165, 1.54) is 12.0 Å². The number of benzene rings is 2. The largest absolute Gasteiger partial charge is 0.378 e. The van der Waals surface area contributed by atoms with Crippen LogP contribution in [0.15, 0.2) is 42.5 Å². The molecule has 138 valence electrons. The van der Waals surface area contributed by atoms with Gasteiger partial charge in [0.25, 0.3) is 5.91 Å². The van der Waals surface area contributed by atoms with Crippen molar-refractivity contribution >= 4 is 34.8 Å². The minimum atomic E-state index is -0.270. The maximum absolute atomic E-state index is 12.4. The maximum Gasteiger partial charge on any atom is 0.257 e. The molecular weight excluding hydrogens is 369 g/mol. The van der Waals surface area contributed by atoms with Gasteiger partial charge in [0, 0.05) is 5.69 Å². The Labute approximate surface area is 164 Å². The lowest BCUT2D eigenvalue weighted by Gasteiger charge is -2.32. The molecular formula is C21H23Cl2NO2. The zero-order valence-corrected chi connectivity index (χ0v) is 16.5. The zero-order chi connectivity index (χ0) is 18.7. The normalized spacial score (nSPS) is 22.8. The van der Waals surface area contributed by atoms with Gasteiger partial charge in [-0.3, -0.25) is 4.79 Å². The molecule has 1 saturated heterocycles. The van der Waals surface area contributed by atoms with Crippen LogP contribution in [0.5, 0.6) is 0 Å². The lowest BCUT2D eigenvalue weighted by atomic mass is 9.86. The smallest absolute Gasteiger partial charge is 0.257 e. The van der Waals surface area contributed by atoms with Gasteiger partial charge in [0.2, 0.25) is 0 Å². The van der Waals surface area contributed by atoms with Gasteiger partial charge in [0.15, 0.2) is 0 Å². The summed E-state index contributed by atoms with van der Waals surface area (Å²) >= 11 is 12.1. The van der Waals surface area contributed by atoms with Crippen molar-refractivity contribution in [2.24, 2.45) is 11.8 Å². The predicted octanol–water partition coefficient (Wildman–Crippen LogP) is 5.85. The number of nitrogens with one attached hydrogen (secondary N) is 1. The first kappa shape index (κ1) is 19.2. The molecule has 0 aliphatic carbocycles. The number of carbonyl (C=O) groups excluding carboxylic acids is 1. The fourth-order valence-electron chi connectivity index (χ4n) is 3.31. The van der Waals surface area contributed by atoms with Crippen molar-refractivity contribution in [2.75, 3.05) is 11.9 Å². The van der Waals surface area contributed by atoms with Gasteiger partial charge in [0.05, 0.1) is 28.3 Å². The molecule has 1 aliphatic heterocycles. The average molecular weight is 392 g/mol.